The minimum Gasteiger partial charge on any atom is -0.456 e. The molecule has 0 bridgehead atoms. The molecule has 0 aromatic heterocycles. The van der Waals surface area contributed by atoms with Crippen LogP contribution in [0.3, 0.4) is 0 Å². The first-order valence-electron chi connectivity index (χ1n) is 5.03. The summed E-state index contributed by atoms with van der Waals surface area (Å²) in [6.45, 7) is 0. The van der Waals surface area contributed by atoms with Crippen molar-refractivity contribution < 1.29 is 4.74 Å². The molecular weight excluding hydrogens is 328 g/mol. The maximum absolute atomic E-state index is 8.86. The summed E-state index contributed by atoms with van der Waals surface area (Å²) >= 11 is 23.6. The molecule has 0 saturated heterocycles. The summed E-state index contributed by atoms with van der Waals surface area (Å²) in [6.07, 6.45) is 0. The molecule has 0 atom stereocenters. The first kappa shape index (κ1) is 14.3. The first-order chi connectivity index (χ1) is 9.01. The molecule has 19 heavy (non-hydrogen) atoms. The van der Waals surface area contributed by atoms with Gasteiger partial charge < -0.3 is 4.74 Å². The molecule has 2 nitrogen and oxygen atoms in total. The Morgan fingerprint density at radius 2 is 1.53 bits per heavy atom. The van der Waals surface area contributed by atoms with Crippen LogP contribution in [0.4, 0.5) is 0 Å². The summed E-state index contributed by atoms with van der Waals surface area (Å²) in [5.74, 6) is 0.807. The summed E-state index contributed by atoms with van der Waals surface area (Å²) < 4.78 is 5.56. The lowest BCUT2D eigenvalue weighted by molar-refractivity contribution is 0.483. The number of rotatable bonds is 2. The van der Waals surface area contributed by atoms with Gasteiger partial charge in [-0.1, -0.05) is 46.4 Å². The maximum atomic E-state index is 8.86. The standard InChI is InChI=1S/C13H5Cl4NO/c14-7-1-2-13(12(17)3-7)19-8-4-10(15)9(6-18)11(16)5-8/h1-5H. The van der Waals surface area contributed by atoms with Crippen molar-refractivity contribution >= 4 is 46.4 Å². The molecule has 0 saturated carbocycles. The van der Waals surface area contributed by atoms with Crippen LogP contribution < -0.4 is 4.74 Å². The molecule has 96 valence electrons. The topological polar surface area (TPSA) is 33.0 Å². The predicted molar refractivity (Wildman–Crippen MR) is 77.7 cm³/mol. The molecule has 2 aromatic carbocycles. The summed E-state index contributed by atoms with van der Waals surface area (Å²) in [6, 6.07) is 9.74. The Labute approximate surface area is 130 Å². The smallest absolute Gasteiger partial charge is 0.146 e. The van der Waals surface area contributed by atoms with E-state index < -0.39 is 0 Å². The van der Waals surface area contributed by atoms with Gasteiger partial charge in [-0.25, -0.2) is 0 Å². The highest BCUT2D eigenvalue weighted by Crippen LogP contribution is 2.35. The molecule has 0 N–H and O–H groups in total. The molecule has 0 amide bonds. The van der Waals surface area contributed by atoms with Crippen LogP contribution in [0.5, 0.6) is 11.5 Å². The summed E-state index contributed by atoms with van der Waals surface area (Å²) in [5.41, 5.74) is 0.206. The number of hydrogen-bond donors (Lipinski definition) is 0. The fraction of sp³-hybridized carbons (Fsp3) is 0. The van der Waals surface area contributed by atoms with Crippen LogP contribution in [-0.4, -0.2) is 0 Å². The molecule has 0 radical (unpaired) electrons. The number of halogens is 4. The van der Waals surface area contributed by atoms with Gasteiger partial charge >= 0.3 is 0 Å². The van der Waals surface area contributed by atoms with Crippen LogP contribution in [0.15, 0.2) is 30.3 Å². The van der Waals surface area contributed by atoms with Gasteiger partial charge in [0.05, 0.1) is 20.6 Å². The molecule has 6 heteroatoms. The second kappa shape index (κ2) is 5.90. The molecule has 0 fully saturated rings. The van der Waals surface area contributed by atoms with Crippen molar-refractivity contribution in [3.63, 3.8) is 0 Å². The lowest BCUT2D eigenvalue weighted by Crippen LogP contribution is -1.88. The highest BCUT2D eigenvalue weighted by atomic mass is 35.5. The van der Waals surface area contributed by atoms with Crippen molar-refractivity contribution in [2.75, 3.05) is 0 Å². The van der Waals surface area contributed by atoms with Gasteiger partial charge in [0.1, 0.15) is 17.6 Å². The third-order valence-corrected chi connectivity index (χ3v) is 3.38. The lowest BCUT2D eigenvalue weighted by Gasteiger charge is -2.09. The Hall–Kier alpha value is -1.11. The van der Waals surface area contributed by atoms with E-state index in [1.807, 2.05) is 6.07 Å². The number of hydrogen-bond acceptors (Lipinski definition) is 2. The quantitative estimate of drug-likeness (QED) is 0.679. The van der Waals surface area contributed by atoms with E-state index in [-0.39, 0.29) is 15.6 Å². The highest BCUT2D eigenvalue weighted by Gasteiger charge is 2.10. The molecule has 2 aromatic rings. The molecule has 0 heterocycles. The SMILES string of the molecule is N#Cc1c(Cl)cc(Oc2ccc(Cl)cc2Cl)cc1Cl. The second-order valence-electron chi connectivity index (χ2n) is 3.55. The molecule has 2 rings (SSSR count). The number of ether oxygens (including phenoxy) is 1. The maximum Gasteiger partial charge on any atom is 0.146 e. The van der Waals surface area contributed by atoms with Gasteiger partial charge in [-0.05, 0) is 18.2 Å². The van der Waals surface area contributed by atoms with Crippen molar-refractivity contribution in [1.29, 1.82) is 5.26 Å². The molecule has 0 aliphatic heterocycles. The Balaban J connectivity index is 2.37. The summed E-state index contributed by atoms with van der Waals surface area (Å²) in [7, 11) is 0. The van der Waals surface area contributed by atoms with E-state index in [2.05, 4.69) is 0 Å². The zero-order valence-electron chi connectivity index (χ0n) is 9.25. The molecule has 0 aliphatic carbocycles. The molecule has 0 aliphatic rings. The van der Waals surface area contributed by atoms with Gasteiger partial charge in [-0.15, -0.1) is 0 Å². The Bertz CT molecular complexity index is 656. The number of benzene rings is 2. The van der Waals surface area contributed by atoms with Crippen LogP contribution in [-0.2, 0) is 0 Å². The van der Waals surface area contributed by atoms with Crippen LogP contribution in [0.2, 0.25) is 20.1 Å². The zero-order chi connectivity index (χ0) is 14.0. The normalized spacial score (nSPS) is 10.1. The van der Waals surface area contributed by atoms with E-state index in [4.69, 9.17) is 56.4 Å². The fourth-order valence-electron chi connectivity index (χ4n) is 1.40. The second-order valence-corrected chi connectivity index (χ2v) is 5.21. The van der Waals surface area contributed by atoms with Gasteiger partial charge in [-0.3, -0.25) is 0 Å². The van der Waals surface area contributed by atoms with Crippen LogP contribution >= 0.6 is 46.4 Å². The van der Waals surface area contributed by atoms with Crippen LogP contribution in [0, 0.1) is 11.3 Å². The molecule has 0 unspecified atom stereocenters. The summed E-state index contributed by atoms with van der Waals surface area (Å²) in [4.78, 5) is 0. The van der Waals surface area contributed by atoms with E-state index in [1.165, 1.54) is 12.1 Å². The van der Waals surface area contributed by atoms with E-state index >= 15 is 0 Å². The molecule has 0 spiro atoms. The summed E-state index contributed by atoms with van der Waals surface area (Å²) in [5, 5.41) is 10.2. The van der Waals surface area contributed by atoms with Crippen LogP contribution in [0.1, 0.15) is 5.56 Å². The predicted octanol–water partition coefficient (Wildman–Crippen LogP) is 5.96. The Morgan fingerprint density at radius 1 is 0.895 bits per heavy atom. The third-order valence-electron chi connectivity index (χ3n) is 2.25. The minimum atomic E-state index is 0.206. The zero-order valence-corrected chi connectivity index (χ0v) is 12.3. The average Bonchev–Trinajstić information content (AvgIpc) is 2.32. The van der Waals surface area contributed by atoms with E-state index in [0.717, 1.165) is 0 Å². The number of nitriles is 1. The van der Waals surface area contributed by atoms with Gasteiger partial charge in [-0.2, -0.15) is 5.26 Å². The van der Waals surface area contributed by atoms with Crippen LogP contribution in [0.25, 0.3) is 0 Å². The Kier molecular flexibility index (Phi) is 4.44. The fourth-order valence-corrected chi connectivity index (χ4v) is 2.40. The average molecular weight is 333 g/mol. The largest absolute Gasteiger partial charge is 0.456 e. The monoisotopic (exact) mass is 331 g/mol. The van der Waals surface area contributed by atoms with Crippen molar-refractivity contribution in [2.45, 2.75) is 0 Å². The van der Waals surface area contributed by atoms with Gasteiger partial charge in [0.15, 0.2) is 0 Å². The van der Waals surface area contributed by atoms with E-state index in [0.29, 0.717) is 21.5 Å². The lowest BCUT2D eigenvalue weighted by atomic mass is 10.2. The third kappa shape index (κ3) is 3.26. The van der Waals surface area contributed by atoms with Gasteiger partial charge in [0.25, 0.3) is 0 Å². The van der Waals surface area contributed by atoms with E-state index in [9.17, 15) is 0 Å². The van der Waals surface area contributed by atoms with Gasteiger partial charge in [0.2, 0.25) is 0 Å². The highest BCUT2D eigenvalue weighted by molar-refractivity contribution is 6.37. The minimum absolute atomic E-state index is 0.206. The van der Waals surface area contributed by atoms with Gasteiger partial charge in [0, 0.05) is 17.2 Å². The van der Waals surface area contributed by atoms with E-state index in [1.54, 1.807) is 18.2 Å². The molecular formula is C13H5Cl4NO. The van der Waals surface area contributed by atoms with Crippen molar-refractivity contribution in [3.8, 4) is 17.6 Å². The van der Waals surface area contributed by atoms with Crippen molar-refractivity contribution in [2.24, 2.45) is 0 Å². The van der Waals surface area contributed by atoms with Crippen molar-refractivity contribution in [3.05, 3.63) is 56.0 Å². The van der Waals surface area contributed by atoms with Crippen molar-refractivity contribution in [1.82, 2.24) is 0 Å². The first-order valence-corrected chi connectivity index (χ1v) is 6.54. The Morgan fingerprint density at radius 3 is 2.05 bits per heavy atom. The number of nitrogens with zero attached hydrogens (tertiary/aromatic N) is 1.